The van der Waals surface area contributed by atoms with Crippen LogP contribution >= 0.6 is 0 Å². The van der Waals surface area contributed by atoms with Gasteiger partial charge >= 0.3 is 5.97 Å². The summed E-state index contributed by atoms with van der Waals surface area (Å²) in [5.41, 5.74) is 0.577. The van der Waals surface area contributed by atoms with E-state index in [0.717, 1.165) is 13.0 Å². The van der Waals surface area contributed by atoms with E-state index < -0.39 is 0 Å². The van der Waals surface area contributed by atoms with E-state index in [2.05, 4.69) is 15.0 Å². The van der Waals surface area contributed by atoms with Gasteiger partial charge in [-0.25, -0.2) is 4.79 Å². The van der Waals surface area contributed by atoms with Crippen LogP contribution in [0.15, 0.2) is 11.6 Å². The topological polar surface area (TPSA) is 58.6 Å². The molecule has 0 saturated carbocycles. The molecule has 1 fully saturated rings. The van der Waals surface area contributed by atoms with Crippen LogP contribution in [0.2, 0.25) is 0 Å². The Bertz CT molecular complexity index is 326. The summed E-state index contributed by atoms with van der Waals surface area (Å²) in [7, 11) is 1.36. The zero-order valence-corrected chi connectivity index (χ0v) is 10.7. The molecule has 0 aliphatic carbocycles. The molecule has 1 unspecified atom stereocenters. The molecule has 1 saturated heterocycles. The van der Waals surface area contributed by atoms with Gasteiger partial charge in [-0.05, 0) is 13.3 Å². The highest BCUT2D eigenvalue weighted by molar-refractivity contribution is 5.87. The van der Waals surface area contributed by atoms with Crippen molar-refractivity contribution < 1.29 is 14.3 Å². The Morgan fingerprint density at radius 1 is 1.65 bits per heavy atom. The van der Waals surface area contributed by atoms with E-state index in [1.807, 2.05) is 13.0 Å². The third kappa shape index (κ3) is 3.56. The quantitative estimate of drug-likeness (QED) is 0.568. The van der Waals surface area contributed by atoms with Gasteiger partial charge in [0.2, 0.25) is 5.91 Å². The number of methoxy groups -OCH3 is 1. The van der Waals surface area contributed by atoms with E-state index in [0.29, 0.717) is 18.7 Å². The molecular weight excluding hydrogens is 220 g/mol. The molecule has 1 aliphatic heterocycles. The van der Waals surface area contributed by atoms with Gasteiger partial charge in [-0.1, -0.05) is 13.0 Å². The number of carbonyl (C=O) groups excluding carboxylic acids is 2. The average molecular weight is 240 g/mol. The molecule has 1 N–H and O–H groups in total. The van der Waals surface area contributed by atoms with E-state index in [1.54, 1.807) is 6.92 Å². The number of ether oxygens (including phenoxy) is 1. The van der Waals surface area contributed by atoms with Gasteiger partial charge in [0.15, 0.2) is 0 Å². The first-order valence-electron chi connectivity index (χ1n) is 5.87. The van der Waals surface area contributed by atoms with Crippen LogP contribution < -0.4 is 5.32 Å². The number of nitrogens with zero attached hydrogens (tertiary/aromatic N) is 1. The van der Waals surface area contributed by atoms with Crippen LogP contribution in [-0.2, 0) is 14.3 Å². The fraction of sp³-hybridized carbons (Fsp3) is 0.667. The molecule has 1 heterocycles. The lowest BCUT2D eigenvalue weighted by Gasteiger charge is -2.33. The maximum Gasteiger partial charge on any atom is 0.333 e. The average Bonchev–Trinajstić information content (AvgIpc) is 2.34. The number of hydrogen-bond acceptors (Lipinski definition) is 4. The molecule has 1 amide bonds. The molecule has 17 heavy (non-hydrogen) atoms. The number of esters is 1. The first-order chi connectivity index (χ1) is 8.10. The standard InChI is InChI=1S/C12H20N2O3/c1-4-10-11(15)13-6-8-14(10)7-5-9(2)12(16)17-3/h5,10H,4,6-8H2,1-3H3,(H,13,15). The second-order valence-corrected chi connectivity index (χ2v) is 4.09. The van der Waals surface area contributed by atoms with Crippen molar-refractivity contribution in [2.24, 2.45) is 0 Å². The Labute approximate surface area is 102 Å². The Kier molecular flexibility index (Phi) is 5.15. The van der Waals surface area contributed by atoms with Crippen LogP contribution in [0, 0.1) is 0 Å². The predicted octanol–water partition coefficient (Wildman–Crippen LogP) is 0.316. The first kappa shape index (κ1) is 13.7. The summed E-state index contributed by atoms with van der Waals surface area (Å²) in [6.45, 7) is 5.79. The summed E-state index contributed by atoms with van der Waals surface area (Å²) >= 11 is 0. The maximum absolute atomic E-state index is 11.6. The largest absolute Gasteiger partial charge is 0.466 e. The molecular formula is C12H20N2O3. The Balaban J connectivity index is 2.60. The first-order valence-corrected chi connectivity index (χ1v) is 5.87. The van der Waals surface area contributed by atoms with Gasteiger partial charge in [0.25, 0.3) is 0 Å². The third-order valence-corrected chi connectivity index (χ3v) is 2.97. The molecule has 1 rings (SSSR count). The van der Waals surface area contributed by atoms with Crippen molar-refractivity contribution >= 4 is 11.9 Å². The molecule has 0 aromatic carbocycles. The molecule has 5 nitrogen and oxygen atoms in total. The number of piperazine rings is 1. The van der Waals surface area contributed by atoms with Crippen molar-refractivity contribution in [1.29, 1.82) is 0 Å². The molecule has 0 aromatic rings. The monoisotopic (exact) mass is 240 g/mol. The van der Waals surface area contributed by atoms with Crippen LogP contribution in [0.25, 0.3) is 0 Å². The summed E-state index contributed by atoms with van der Waals surface area (Å²) in [6, 6.07) is -0.0922. The lowest BCUT2D eigenvalue weighted by Crippen LogP contribution is -2.54. The van der Waals surface area contributed by atoms with Crippen LogP contribution in [0.4, 0.5) is 0 Å². The summed E-state index contributed by atoms with van der Waals surface area (Å²) < 4.78 is 4.62. The Morgan fingerprint density at radius 2 is 2.35 bits per heavy atom. The minimum absolute atomic E-state index is 0.0721. The van der Waals surface area contributed by atoms with Gasteiger partial charge in [0.05, 0.1) is 13.2 Å². The van der Waals surface area contributed by atoms with Gasteiger partial charge in [-0.3, -0.25) is 9.69 Å². The van der Waals surface area contributed by atoms with Gasteiger partial charge in [-0.2, -0.15) is 0 Å². The zero-order valence-electron chi connectivity index (χ0n) is 10.7. The molecule has 0 radical (unpaired) electrons. The summed E-state index contributed by atoms with van der Waals surface area (Å²) in [5.74, 6) is -0.248. The number of rotatable bonds is 4. The van der Waals surface area contributed by atoms with Gasteiger partial charge < -0.3 is 10.1 Å². The van der Waals surface area contributed by atoms with E-state index >= 15 is 0 Å². The van der Waals surface area contributed by atoms with Crippen LogP contribution in [-0.4, -0.2) is 49.6 Å². The minimum Gasteiger partial charge on any atom is -0.466 e. The number of carbonyl (C=O) groups is 2. The number of nitrogens with one attached hydrogen (secondary N) is 1. The molecule has 1 aliphatic rings. The molecule has 0 aromatic heterocycles. The highest BCUT2D eigenvalue weighted by Gasteiger charge is 2.27. The summed E-state index contributed by atoms with van der Waals surface area (Å²) in [5, 5.41) is 2.84. The van der Waals surface area contributed by atoms with Crippen LogP contribution in [0.1, 0.15) is 20.3 Å². The maximum atomic E-state index is 11.6. The predicted molar refractivity (Wildman–Crippen MR) is 64.4 cm³/mol. The highest BCUT2D eigenvalue weighted by Crippen LogP contribution is 2.09. The van der Waals surface area contributed by atoms with Crippen molar-refractivity contribution in [1.82, 2.24) is 10.2 Å². The fourth-order valence-electron chi connectivity index (χ4n) is 1.92. The lowest BCUT2D eigenvalue weighted by molar-refractivity contribution is -0.136. The van der Waals surface area contributed by atoms with Crippen molar-refractivity contribution in [3.05, 3.63) is 11.6 Å². The van der Waals surface area contributed by atoms with Gasteiger partial charge in [0.1, 0.15) is 0 Å². The van der Waals surface area contributed by atoms with E-state index in [4.69, 9.17) is 0 Å². The smallest absolute Gasteiger partial charge is 0.333 e. The van der Waals surface area contributed by atoms with Gasteiger partial charge in [0, 0.05) is 25.2 Å². The van der Waals surface area contributed by atoms with Crippen molar-refractivity contribution in [2.75, 3.05) is 26.7 Å². The van der Waals surface area contributed by atoms with Crippen molar-refractivity contribution in [3.63, 3.8) is 0 Å². The minimum atomic E-state index is -0.320. The number of hydrogen-bond donors (Lipinski definition) is 1. The fourth-order valence-corrected chi connectivity index (χ4v) is 1.92. The lowest BCUT2D eigenvalue weighted by atomic mass is 10.1. The molecule has 96 valence electrons. The van der Waals surface area contributed by atoms with E-state index in [-0.39, 0.29) is 17.9 Å². The van der Waals surface area contributed by atoms with Crippen molar-refractivity contribution in [3.8, 4) is 0 Å². The second-order valence-electron chi connectivity index (χ2n) is 4.09. The zero-order chi connectivity index (χ0) is 12.8. The third-order valence-electron chi connectivity index (χ3n) is 2.97. The second kappa shape index (κ2) is 6.39. The van der Waals surface area contributed by atoms with Crippen LogP contribution in [0.3, 0.4) is 0 Å². The molecule has 0 bridgehead atoms. The Hall–Kier alpha value is -1.36. The molecule has 0 spiro atoms. The molecule has 5 heteroatoms. The van der Waals surface area contributed by atoms with E-state index in [1.165, 1.54) is 7.11 Å². The van der Waals surface area contributed by atoms with Crippen molar-refractivity contribution in [2.45, 2.75) is 26.3 Å². The highest BCUT2D eigenvalue weighted by atomic mass is 16.5. The Morgan fingerprint density at radius 3 is 2.94 bits per heavy atom. The van der Waals surface area contributed by atoms with Crippen LogP contribution in [0.5, 0.6) is 0 Å². The SMILES string of the molecule is CCC1C(=O)NCCN1CC=C(C)C(=O)OC. The van der Waals surface area contributed by atoms with E-state index in [9.17, 15) is 9.59 Å². The normalized spacial score (nSPS) is 22.2. The summed E-state index contributed by atoms with van der Waals surface area (Å²) in [4.78, 5) is 24.9. The summed E-state index contributed by atoms with van der Waals surface area (Å²) in [6.07, 6.45) is 2.59. The number of amides is 1. The van der Waals surface area contributed by atoms with Gasteiger partial charge in [-0.15, -0.1) is 0 Å². The molecule has 1 atom stereocenters.